The Labute approximate surface area is 108 Å². The van der Waals surface area contributed by atoms with Crippen LogP contribution in [0.4, 0.5) is 0 Å². The average Bonchev–Trinajstić information content (AvgIpc) is 2.64. The van der Waals surface area contributed by atoms with Crippen molar-refractivity contribution >= 4 is 11.9 Å². The molecule has 0 aromatic heterocycles. The van der Waals surface area contributed by atoms with Crippen molar-refractivity contribution in [3.63, 3.8) is 0 Å². The third-order valence-electron chi connectivity index (χ3n) is 3.05. The minimum Gasteiger partial charge on any atom is -0.480 e. The zero-order chi connectivity index (χ0) is 13.9. The normalized spacial score (nSPS) is 22.8. The van der Waals surface area contributed by atoms with Crippen molar-refractivity contribution in [3.8, 4) is 0 Å². The molecule has 0 bridgehead atoms. The van der Waals surface area contributed by atoms with Crippen molar-refractivity contribution in [1.82, 2.24) is 4.90 Å². The van der Waals surface area contributed by atoms with Gasteiger partial charge in [0.15, 0.2) is 0 Å². The summed E-state index contributed by atoms with van der Waals surface area (Å²) in [5.41, 5.74) is -0.531. The summed E-state index contributed by atoms with van der Waals surface area (Å²) in [5, 5.41) is 9.17. The Hall–Kier alpha value is -1.10. The van der Waals surface area contributed by atoms with E-state index in [1.165, 1.54) is 0 Å². The molecule has 1 aliphatic heterocycles. The zero-order valence-electron chi connectivity index (χ0n) is 11.6. The summed E-state index contributed by atoms with van der Waals surface area (Å²) < 4.78 is 5.35. The van der Waals surface area contributed by atoms with Gasteiger partial charge in [-0.1, -0.05) is 6.92 Å². The first-order valence-corrected chi connectivity index (χ1v) is 6.47. The quantitative estimate of drug-likeness (QED) is 0.776. The van der Waals surface area contributed by atoms with Gasteiger partial charge in [0, 0.05) is 0 Å². The average molecular weight is 257 g/mol. The Morgan fingerprint density at radius 3 is 2.50 bits per heavy atom. The molecule has 1 heterocycles. The number of carbonyl (C=O) groups excluding carboxylic acids is 1. The molecule has 18 heavy (non-hydrogen) atoms. The number of carboxylic acid groups (broad SMARTS) is 1. The highest BCUT2D eigenvalue weighted by molar-refractivity contribution is 5.79. The van der Waals surface area contributed by atoms with Crippen LogP contribution in [0.15, 0.2) is 0 Å². The molecule has 0 spiro atoms. The van der Waals surface area contributed by atoms with Gasteiger partial charge in [0.2, 0.25) is 0 Å². The van der Waals surface area contributed by atoms with Crippen LogP contribution in [0.1, 0.15) is 47.0 Å². The van der Waals surface area contributed by atoms with E-state index in [9.17, 15) is 14.7 Å². The molecule has 104 valence electrons. The fraction of sp³-hybridized carbons (Fsp3) is 0.846. The first kappa shape index (κ1) is 15.0. The number of likely N-dealkylation sites (tertiary alicyclic amines) is 1. The molecule has 0 amide bonds. The molecular formula is C13H23NO4. The number of hydrogen-bond acceptors (Lipinski definition) is 4. The molecule has 2 atom stereocenters. The third-order valence-corrected chi connectivity index (χ3v) is 3.05. The predicted molar refractivity (Wildman–Crippen MR) is 67.3 cm³/mol. The summed E-state index contributed by atoms with van der Waals surface area (Å²) >= 11 is 0. The van der Waals surface area contributed by atoms with Gasteiger partial charge >= 0.3 is 11.9 Å². The molecule has 1 aliphatic rings. The highest BCUT2D eigenvalue weighted by Gasteiger charge is 2.39. The highest BCUT2D eigenvalue weighted by atomic mass is 16.6. The maximum Gasteiger partial charge on any atom is 0.323 e. The molecule has 1 fully saturated rings. The lowest BCUT2D eigenvalue weighted by Crippen LogP contribution is -2.48. The van der Waals surface area contributed by atoms with E-state index >= 15 is 0 Å². The lowest BCUT2D eigenvalue weighted by molar-refractivity contribution is -0.162. The second-order valence-corrected chi connectivity index (χ2v) is 5.69. The van der Waals surface area contributed by atoms with Gasteiger partial charge in [-0.05, 0) is 46.6 Å². The van der Waals surface area contributed by atoms with Crippen LogP contribution in [0.2, 0.25) is 0 Å². The molecule has 5 heteroatoms. The summed E-state index contributed by atoms with van der Waals surface area (Å²) in [4.78, 5) is 25.0. The van der Waals surface area contributed by atoms with Gasteiger partial charge in [0.25, 0.3) is 0 Å². The number of ether oxygens (including phenoxy) is 1. The smallest absolute Gasteiger partial charge is 0.323 e. The minimum atomic E-state index is -0.868. The molecule has 0 radical (unpaired) electrons. The van der Waals surface area contributed by atoms with Gasteiger partial charge in [0.05, 0.1) is 0 Å². The van der Waals surface area contributed by atoms with Crippen molar-refractivity contribution in [2.45, 2.75) is 64.6 Å². The van der Waals surface area contributed by atoms with Crippen molar-refractivity contribution < 1.29 is 19.4 Å². The molecule has 0 aromatic rings. The number of hydrogen-bond donors (Lipinski definition) is 1. The van der Waals surface area contributed by atoms with Crippen molar-refractivity contribution in [2.75, 3.05) is 6.54 Å². The molecule has 0 aromatic carbocycles. The molecule has 1 rings (SSSR count). The fourth-order valence-corrected chi connectivity index (χ4v) is 2.34. The molecule has 0 saturated carbocycles. The van der Waals surface area contributed by atoms with Crippen LogP contribution in [0.25, 0.3) is 0 Å². The van der Waals surface area contributed by atoms with Crippen molar-refractivity contribution in [1.29, 1.82) is 0 Å². The van der Waals surface area contributed by atoms with Crippen LogP contribution in [0, 0.1) is 0 Å². The summed E-state index contributed by atoms with van der Waals surface area (Å²) in [5.74, 6) is -1.17. The maximum atomic E-state index is 12.1. The van der Waals surface area contributed by atoms with Crippen LogP contribution in [-0.4, -0.2) is 46.2 Å². The van der Waals surface area contributed by atoms with Crippen LogP contribution in [0.3, 0.4) is 0 Å². The summed E-state index contributed by atoms with van der Waals surface area (Å²) in [6.45, 7) is 7.92. The lowest BCUT2D eigenvalue weighted by Gasteiger charge is -2.30. The number of nitrogens with zero attached hydrogens (tertiary/aromatic N) is 1. The Bertz CT molecular complexity index is 321. The Kier molecular flexibility index (Phi) is 4.73. The van der Waals surface area contributed by atoms with Gasteiger partial charge in [-0.2, -0.15) is 0 Å². The largest absolute Gasteiger partial charge is 0.480 e. The van der Waals surface area contributed by atoms with Gasteiger partial charge in [-0.15, -0.1) is 0 Å². The van der Waals surface area contributed by atoms with Crippen molar-refractivity contribution in [2.24, 2.45) is 0 Å². The van der Waals surface area contributed by atoms with E-state index in [1.807, 2.05) is 27.7 Å². The first-order valence-electron chi connectivity index (χ1n) is 6.47. The van der Waals surface area contributed by atoms with Crippen LogP contribution < -0.4 is 0 Å². The SMILES string of the molecule is CCC(C(=O)O)N1CCC[C@@H]1C(=O)OC(C)(C)C. The highest BCUT2D eigenvalue weighted by Crippen LogP contribution is 2.24. The fourth-order valence-electron chi connectivity index (χ4n) is 2.34. The lowest BCUT2D eigenvalue weighted by atomic mass is 10.1. The Morgan fingerprint density at radius 2 is 2.06 bits per heavy atom. The monoisotopic (exact) mass is 257 g/mol. The van der Waals surface area contributed by atoms with E-state index in [2.05, 4.69) is 0 Å². The van der Waals surface area contributed by atoms with E-state index in [0.29, 0.717) is 19.4 Å². The van der Waals surface area contributed by atoms with Crippen LogP contribution in [-0.2, 0) is 14.3 Å². The standard InChI is InChI=1S/C13H23NO4/c1-5-9(11(15)16)14-8-6-7-10(14)12(17)18-13(2,3)4/h9-10H,5-8H2,1-4H3,(H,15,16)/t9?,10-/m1/s1. The van der Waals surface area contributed by atoms with E-state index in [1.54, 1.807) is 4.90 Å². The Morgan fingerprint density at radius 1 is 1.44 bits per heavy atom. The number of aliphatic carboxylic acids is 1. The van der Waals surface area contributed by atoms with E-state index in [0.717, 1.165) is 6.42 Å². The van der Waals surface area contributed by atoms with Gasteiger partial charge in [-0.25, -0.2) is 0 Å². The van der Waals surface area contributed by atoms with Gasteiger partial charge < -0.3 is 9.84 Å². The topological polar surface area (TPSA) is 66.8 Å². The zero-order valence-corrected chi connectivity index (χ0v) is 11.6. The van der Waals surface area contributed by atoms with Crippen LogP contribution in [0.5, 0.6) is 0 Å². The number of esters is 1. The summed E-state index contributed by atoms with van der Waals surface area (Å²) in [7, 11) is 0. The van der Waals surface area contributed by atoms with Gasteiger partial charge in [-0.3, -0.25) is 14.5 Å². The Balaban J connectivity index is 2.75. The third kappa shape index (κ3) is 3.70. The maximum absolute atomic E-state index is 12.1. The number of rotatable bonds is 4. The molecule has 1 unspecified atom stereocenters. The van der Waals surface area contributed by atoms with E-state index in [-0.39, 0.29) is 5.97 Å². The van der Waals surface area contributed by atoms with Gasteiger partial charge in [0.1, 0.15) is 17.7 Å². The summed E-state index contributed by atoms with van der Waals surface area (Å²) in [6, 6.07) is -1.00. The second kappa shape index (κ2) is 5.69. The predicted octanol–water partition coefficient (Wildman–Crippen LogP) is 1.66. The number of carboxylic acids is 1. The van der Waals surface area contributed by atoms with Crippen LogP contribution >= 0.6 is 0 Å². The van der Waals surface area contributed by atoms with Crippen molar-refractivity contribution in [3.05, 3.63) is 0 Å². The molecule has 1 saturated heterocycles. The number of carbonyl (C=O) groups is 2. The first-order chi connectivity index (χ1) is 8.26. The summed E-state index contributed by atoms with van der Waals surface area (Å²) in [6.07, 6.45) is 2.01. The van der Waals surface area contributed by atoms with E-state index < -0.39 is 23.7 Å². The minimum absolute atomic E-state index is 0.306. The molecular weight excluding hydrogens is 234 g/mol. The van der Waals surface area contributed by atoms with E-state index in [4.69, 9.17) is 4.74 Å². The second-order valence-electron chi connectivity index (χ2n) is 5.69. The molecule has 0 aliphatic carbocycles. The molecule has 1 N–H and O–H groups in total. The molecule has 5 nitrogen and oxygen atoms in total.